The highest BCUT2D eigenvalue weighted by Crippen LogP contribution is 2.32. The number of nitrogens with zero attached hydrogens (tertiary/aromatic N) is 6. The number of fused-ring (bicyclic) bond motifs is 2. The fraction of sp³-hybridized carbons (Fsp3) is 0.167. The van der Waals surface area contributed by atoms with E-state index < -0.39 is 0 Å². The average Bonchev–Trinajstić information content (AvgIpc) is 3.28. The Morgan fingerprint density at radius 2 is 1.61 bits per heavy atom. The van der Waals surface area contributed by atoms with Gasteiger partial charge in [-0.15, -0.1) is 0 Å². The summed E-state index contributed by atoms with van der Waals surface area (Å²) < 4.78 is 0. The lowest BCUT2D eigenvalue weighted by Crippen LogP contribution is -2.47. The molecule has 1 aromatic carbocycles. The number of nitrogens with one attached hydrogen (secondary N) is 1. The molecule has 0 bridgehead atoms. The van der Waals surface area contributed by atoms with Gasteiger partial charge in [0, 0.05) is 61.1 Å². The molecule has 0 unspecified atom stereocenters. The monoisotopic (exact) mass is 407 g/mol. The van der Waals surface area contributed by atoms with Crippen molar-refractivity contribution in [2.75, 3.05) is 36.0 Å². The SMILES string of the molecule is c1ccc(N2CCN(c3ncnc4ccc(-c5c[nH]c6ncccc56)cc34)CC2)nc1. The van der Waals surface area contributed by atoms with Crippen LogP contribution >= 0.6 is 0 Å². The zero-order valence-electron chi connectivity index (χ0n) is 16.9. The molecule has 0 amide bonds. The minimum Gasteiger partial charge on any atom is -0.353 e. The van der Waals surface area contributed by atoms with Crippen molar-refractivity contribution in [3.05, 3.63) is 73.4 Å². The third kappa shape index (κ3) is 3.15. The van der Waals surface area contributed by atoms with E-state index in [0.29, 0.717) is 0 Å². The Hall–Kier alpha value is -4.00. The second-order valence-electron chi connectivity index (χ2n) is 7.69. The van der Waals surface area contributed by atoms with Crippen LogP contribution in [0.5, 0.6) is 0 Å². The van der Waals surface area contributed by atoms with Crippen LogP contribution in [0, 0.1) is 0 Å². The molecule has 0 saturated carbocycles. The molecule has 1 fully saturated rings. The summed E-state index contributed by atoms with van der Waals surface area (Å²) in [5.74, 6) is 2.02. The molecule has 7 nitrogen and oxygen atoms in total. The van der Waals surface area contributed by atoms with E-state index in [2.05, 4.69) is 65.1 Å². The maximum absolute atomic E-state index is 4.67. The van der Waals surface area contributed by atoms with Crippen molar-refractivity contribution in [3.8, 4) is 11.1 Å². The minimum atomic E-state index is 0.893. The first-order chi connectivity index (χ1) is 15.4. The maximum atomic E-state index is 4.67. The van der Waals surface area contributed by atoms with Crippen LogP contribution in [0.2, 0.25) is 0 Å². The predicted octanol–water partition coefficient (Wildman–Crippen LogP) is 3.89. The highest BCUT2D eigenvalue weighted by molar-refractivity contribution is 5.98. The summed E-state index contributed by atoms with van der Waals surface area (Å²) in [7, 11) is 0. The van der Waals surface area contributed by atoms with Gasteiger partial charge in [0.25, 0.3) is 0 Å². The van der Waals surface area contributed by atoms with Gasteiger partial charge in [-0.1, -0.05) is 12.1 Å². The molecular weight excluding hydrogens is 386 g/mol. The summed E-state index contributed by atoms with van der Waals surface area (Å²) in [6, 6.07) is 16.5. The molecule has 1 saturated heterocycles. The quantitative estimate of drug-likeness (QED) is 0.489. The number of hydrogen-bond acceptors (Lipinski definition) is 6. The number of H-pyrrole nitrogens is 1. The van der Waals surface area contributed by atoms with Gasteiger partial charge in [-0.05, 0) is 42.0 Å². The Kier molecular flexibility index (Phi) is 4.23. The Balaban J connectivity index is 1.34. The van der Waals surface area contributed by atoms with E-state index in [-0.39, 0.29) is 0 Å². The van der Waals surface area contributed by atoms with Crippen molar-refractivity contribution in [2.24, 2.45) is 0 Å². The topological polar surface area (TPSA) is 73.8 Å². The number of piperazine rings is 1. The van der Waals surface area contributed by atoms with Crippen LogP contribution in [0.3, 0.4) is 0 Å². The van der Waals surface area contributed by atoms with Gasteiger partial charge in [0.05, 0.1) is 5.52 Å². The number of rotatable bonds is 3. The Morgan fingerprint density at radius 3 is 2.48 bits per heavy atom. The third-order valence-corrected chi connectivity index (χ3v) is 5.93. The van der Waals surface area contributed by atoms with Crippen molar-refractivity contribution in [1.82, 2.24) is 24.9 Å². The van der Waals surface area contributed by atoms with Gasteiger partial charge in [0.2, 0.25) is 0 Å². The molecule has 0 spiro atoms. The van der Waals surface area contributed by atoms with Crippen molar-refractivity contribution in [1.29, 1.82) is 0 Å². The van der Waals surface area contributed by atoms with Gasteiger partial charge < -0.3 is 14.8 Å². The number of aromatic amines is 1. The van der Waals surface area contributed by atoms with E-state index in [1.165, 1.54) is 0 Å². The van der Waals surface area contributed by atoms with Crippen LogP contribution in [0.1, 0.15) is 0 Å². The highest BCUT2D eigenvalue weighted by atomic mass is 15.3. The summed E-state index contributed by atoms with van der Waals surface area (Å²) in [4.78, 5) is 26.0. The molecule has 152 valence electrons. The van der Waals surface area contributed by atoms with Crippen molar-refractivity contribution < 1.29 is 0 Å². The standard InChI is InChI=1S/C24H21N7/c1-2-8-25-22(5-1)30-10-12-31(13-11-30)24-19-14-17(6-7-21(19)28-16-29-24)20-15-27-23-18(20)4-3-9-26-23/h1-9,14-16H,10-13H2,(H,26,27). The van der Waals surface area contributed by atoms with Crippen molar-refractivity contribution in [3.63, 3.8) is 0 Å². The molecule has 1 N–H and O–H groups in total. The number of pyridine rings is 2. The Morgan fingerprint density at radius 1 is 0.742 bits per heavy atom. The summed E-state index contributed by atoms with van der Waals surface area (Å²) in [5, 5.41) is 2.19. The molecule has 31 heavy (non-hydrogen) atoms. The molecule has 4 aromatic heterocycles. The molecule has 1 aliphatic rings. The van der Waals surface area contributed by atoms with Crippen LogP contribution in [0.4, 0.5) is 11.6 Å². The second kappa shape index (κ2) is 7.36. The lowest BCUT2D eigenvalue weighted by molar-refractivity contribution is 0.643. The zero-order chi connectivity index (χ0) is 20.6. The Bertz CT molecular complexity index is 1350. The zero-order valence-corrected chi connectivity index (χ0v) is 16.9. The van der Waals surface area contributed by atoms with Gasteiger partial charge in [-0.3, -0.25) is 0 Å². The molecule has 5 heterocycles. The van der Waals surface area contributed by atoms with Gasteiger partial charge in [0.15, 0.2) is 0 Å². The van der Waals surface area contributed by atoms with Gasteiger partial charge >= 0.3 is 0 Å². The van der Waals surface area contributed by atoms with Gasteiger partial charge in [-0.25, -0.2) is 19.9 Å². The first-order valence-electron chi connectivity index (χ1n) is 10.4. The smallest absolute Gasteiger partial charge is 0.140 e. The molecular formula is C24H21N7. The maximum Gasteiger partial charge on any atom is 0.140 e. The number of anilines is 2. The summed E-state index contributed by atoms with van der Waals surface area (Å²) in [6.07, 6.45) is 7.34. The summed E-state index contributed by atoms with van der Waals surface area (Å²) >= 11 is 0. The van der Waals surface area contributed by atoms with Crippen molar-refractivity contribution in [2.45, 2.75) is 0 Å². The lowest BCUT2D eigenvalue weighted by Gasteiger charge is -2.36. The van der Waals surface area contributed by atoms with E-state index in [0.717, 1.165) is 70.9 Å². The number of benzene rings is 1. The minimum absolute atomic E-state index is 0.893. The molecule has 0 aliphatic carbocycles. The van der Waals surface area contributed by atoms with E-state index in [1.54, 1.807) is 12.5 Å². The number of hydrogen-bond donors (Lipinski definition) is 1. The molecule has 7 heteroatoms. The fourth-order valence-corrected chi connectivity index (χ4v) is 4.35. The van der Waals surface area contributed by atoms with Crippen LogP contribution in [-0.4, -0.2) is 51.1 Å². The predicted molar refractivity (Wildman–Crippen MR) is 123 cm³/mol. The van der Waals surface area contributed by atoms with E-state index in [9.17, 15) is 0 Å². The van der Waals surface area contributed by atoms with Crippen molar-refractivity contribution >= 4 is 33.6 Å². The normalized spacial score (nSPS) is 14.5. The first kappa shape index (κ1) is 17.8. The van der Waals surface area contributed by atoms with E-state index in [1.807, 2.05) is 30.6 Å². The third-order valence-electron chi connectivity index (χ3n) is 5.93. The Labute approximate surface area is 179 Å². The van der Waals surface area contributed by atoms with Gasteiger partial charge in [0.1, 0.15) is 23.6 Å². The average molecular weight is 407 g/mol. The summed E-state index contributed by atoms with van der Waals surface area (Å²) in [6.45, 7) is 3.61. The van der Waals surface area contributed by atoms with E-state index >= 15 is 0 Å². The molecule has 0 atom stereocenters. The first-order valence-corrected chi connectivity index (χ1v) is 10.4. The van der Waals surface area contributed by atoms with E-state index in [4.69, 9.17) is 0 Å². The molecule has 6 rings (SSSR count). The molecule has 1 aliphatic heterocycles. The fourth-order valence-electron chi connectivity index (χ4n) is 4.35. The van der Waals surface area contributed by atoms with Crippen LogP contribution < -0.4 is 9.80 Å². The largest absolute Gasteiger partial charge is 0.353 e. The van der Waals surface area contributed by atoms with Crippen LogP contribution in [0.15, 0.2) is 73.4 Å². The lowest BCUT2D eigenvalue weighted by atomic mass is 10.0. The second-order valence-corrected chi connectivity index (χ2v) is 7.69. The molecule has 0 radical (unpaired) electrons. The molecule has 5 aromatic rings. The van der Waals surface area contributed by atoms with Crippen LogP contribution in [-0.2, 0) is 0 Å². The summed E-state index contributed by atoms with van der Waals surface area (Å²) in [5.41, 5.74) is 4.13. The highest BCUT2D eigenvalue weighted by Gasteiger charge is 2.21. The van der Waals surface area contributed by atoms with Crippen LogP contribution in [0.25, 0.3) is 33.1 Å². The number of aromatic nitrogens is 5. The van der Waals surface area contributed by atoms with Gasteiger partial charge in [-0.2, -0.15) is 0 Å².